The van der Waals surface area contributed by atoms with Gasteiger partial charge in [-0.2, -0.15) is 0 Å². The lowest BCUT2D eigenvalue weighted by Crippen LogP contribution is -2.05. The Kier molecular flexibility index (Phi) is 25.4. The molecular weight excluding hydrogens is 451 g/mol. The monoisotopic (exact) mass is 521 g/mol. The Morgan fingerprint density at radius 2 is 0.889 bits per heavy atom. The average molecular weight is 521 g/mol. The highest BCUT2D eigenvalue weighted by Crippen LogP contribution is 2.50. The fourth-order valence-corrected chi connectivity index (χ4v) is 9.13. The van der Waals surface area contributed by atoms with Crippen LogP contribution < -0.4 is 0 Å². The Hall–Kier alpha value is 0.170. The van der Waals surface area contributed by atoms with E-state index in [1.54, 1.807) is 12.3 Å². The van der Waals surface area contributed by atoms with Gasteiger partial charge >= 0.3 is 0 Å². The lowest BCUT2D eigenvalue weighted by Gasteiger charge is -2.25. The zero-order chi connectivity index (χ0) is 25.9. The molecule has 214 valence electrons. The van der Waals surface area contributed by atoms with Crippen LogP contribution in [-0.2, 0) is 0 Å². The van der Waals surface area contributed by atoms with Crippen molar-refractivity contribution in [1.29, 1.82) is 0 Å². The van der Waals surface area contributed by atoms with E-state index in [9.17, 15) is 0 Å². The van der Waals surface area contributed by atoms with Crippen LogP contribution in [-0.4, -0.2) is 12.3 Å². The van der Waals surface area contributed by atoms with E-state index in [1.165, 1.54) is 173 Å². The minimum absolute atomic E-state index is 0.137. The van der Waals surface area contributed by atoms with E-state index in [0.29, 0.717) is 0 Å². The predicted octanol–water partition coefficient (Wildman–Crippen LogP) is 13.6. The molecule has 36 heavy (non-hydrogen) atoms. The summed E-state index contributed by atoms with van der Waals surface area (Å²) in [7, 11) is 0.137. The van der Waals surface area contributed by atoms with Crippen LogP contribution >= 0.6 is 7.92 Å². The van der Waals surface area contributed by atoms with Crippen molar-refractivity contribution in [1.82, 2.24) is 0 Å². The maximum Gasteiger partial charge on any atom is -0.0227 e. The van der Waals surface area contributed by atoms with Crippen molar-refractivity contribution in [2.45, 2.75) is 194 Å². The van der Waals surface area contributed by atoms with Gasteiger partial charge in [0.1, 0.15) is 0 Å². The summed E-state index contributed by atoms with van der Waals surface area (Å²) in [6.45, 7) is 7.06. The molecule has 0 unspecified atom stereocenters. The van der Waals surface area contributed by atoms with Crippen molar-refractivity contribution < 1.29 is 0 Å². The van der Waals surface area contributed by atoms with Gasteiger partial charge in [0.15, 0.2) is 0 Å². The third-order valence-electron chi connectivity index (χ3n) is 8.55. The molecule has 0 bridgehead atoms. The quantitative estimate of drug-likeness (QED) is 0.0785. The lowest BCUT2D eigenvalue weighted by molar-refractivity contribution is 0.418. The molecule has 1 aliphatic rings. The van der Waals surface area contributed by atoms with E-state index in [4.69, 9.17) is 0 Å². The second kappa shape index (κ2) is 26.8. The van der Waals surface area contributed by atoms with Gasteiger partial charge in [-0.15, -0.1) is 0 Å². The predicted molar refractivity (Wildman–Crippen MR) is 170 cm³/mol. The molecule has 1 rings (SSSR count). The minimum atomic E-state index is 0.137. The van der Waals surface area contributed by atoms with Gasteiger partial charge in [-0.25, -0.2) is 0 Å². The first-order chi connectivity index (χ1) is 17.8. The van der Waals surface area contributed by atoms with Gasteiger partial charge in [0, 0.05) is 0 Å². The first-order valence-electron chi connectivity index (χ1n) is 17.3. The summed E-state index contributed by atoms with van der Waals surface area (Å²) in [6.07, 6.45) is 45.5. The molecule has 0 nitrogen and oxygen atoms in total. The molecule has 0 saturated heterocycles. The van der Waals surface area contributed by atoms with Gasteiger partial charge < -0.3 is 0 Å². The largest absolute Gasteiger partial charge is 0.0801 e. The summed E-state index contributed by atoms with van der Waals surface area (Å²) in [4.78, 5) is 0. The van der Waals surface area contributed by atoms with E-state index < -0.39 is 0 Å². The smallest absolute Gasteiger partial charge is 0.0227 e. The molecular formula is C35H69P. The van der Waals surface area contributed by atoms with Gasteiger partial charge in [0.05, 0.1) is 0 Å². The third-order valence-corrected chi connectivity index (χ3v) is 11.5. The highest BCUT2D eigenvalue weighted by molar-refractivity contribution is 7.62. The summed E-state index contributed by atoms with van der Waals surface area (Å²) in [5.41, 5.74) is 0. The number of allylic oxidation sites excluding steroid dienone is 2. The number of hydrogen-bond donors (Lipinski definition) is 0. The van der Waals surface area contributed by atoms with Crippen LogP contribution in [0.15, 0.2) is 11.4 Å². The molecule has 1 fully saturated rings. The van der Waals surface area contributed by atoms with E-state index >= 15 is 0 Å². The van der Waals surface area contributed by atoms with Gasteiger partial charge in [0.25, 0.3) is 0 Å². The number of hydrogen-bond acceptors (Lipinski definition) is 0. The molecule has 0 aromatic rings. The van der Waals surface area contributed by atoms with Crippen molar-refractivity contribution >= 4 is 7.92 Å². The summed E-state index contributed by atoms with van der Waals surface area (Å²) >= 11 is 0. The van der Waals surface area contributed by atoms with Gasteiger partial charge in [0.2, 0.25) is 0 Å². The molecule has 0 spiro atoms. The van der Waals surface area contributed by atoms with Crippen molar-refractivity contribution in [3.8, 4) is 0 Å². The van der Waals surface area contributed by atoms with Crippen LogP contribution in [0.5, 0.6) is 0 Å². The Balaban J connectivity index is 2.37. The second-order valence-corrected chi connectivity index (χ2v) is 14.7. The lowest BCUT2D eigenvalue weighted by atomic mass is 9.89. The summed E-state index contributed by atoms with van der Waals surface area (Å²) in [6, 6.07) is 0. The third kappa shape index (κ3) is 20.2. The average Bonchev–Trinajstić information content (AvgIpc) is 2.90. The molecule has 0 aromatic heterocycles. The zero-order valence-corrected chi connectivity index (χ0v) is 26.5. The van der Waals surface area contributed by atoms with Crippen molar-refractivity contribution in [2.24, 2.45) is 5.92 Å². The molecule has 0 aliphatic heterocycles. The fourth-order valence-electron chi connectivity index (χ4n) is 6.16. The summed E-state index contributed by atoms with van der Waals surface area (Å²) < 4.78 is 0. The molecule has 1 aliphatic carbocycles. The Labute approximate surface area is 231 Å². The van der Waals surface area contributed by atoms with Crippen LogP contribution in [0.4, 0.5) is 0 Å². The Bertz CT molecular complexity index is 437. The standard InChI is InChI=1S/C35H69P/c1-4-7-9-11-13-15-17-19-21-26-31-36(32-27-22-20-18-16-14-12-10-8-5-2)35(28-6-3)33-34-29-24-23-25-30-34/h33-34H,4-32H2,1-3H3. The summed E-state index contributed by atoms with van der Waals surface area (Å²) in [5, 5.41) is 1.95. The highest BCUT2D eigenvalue weighted by Gasteiger charge is 2.17. The molecule has 0 amide bonds. The first-order valence-corrected chi connectivity index (χ1v) is 19.0. The maximum atomic E-state index is 2.85. The van der Waals surface area contributed by atoms with Crippen LogP contribution in [0.25, 0.3) is 0 Å². The van der Waals surface area contributed by atoms with E-state index in [2.05, 4.69) is 26.8 Å². The normalized spacial score (nSPS) is 15.3. The molecule has 1 saturated carbocycles. The SMILES string of the molecule is CCCCCCCCCCCCP(CCCCCCCCCCCC)C(=CC1CCCCC1)CCC. The Morgan fingerprint density at radius 1 is 0.500 bits per heavy atom. The van der Waals surface area contributed by atoms with E-state index in [0.717, 1.165) is 5.92 Å². The Morgan fingerprint density at radius 3 is 1.28 bits per heavy atom. The molecule has 0 atom stereocenters. The zero-order valence-electron chi connectivity index (χ0n) is 25.6. The van der Waals surface area contributed by atoms with Crippen LogP contribution in [0.1, 0.15) is 194 Å². The van der Waals surface area contributed by atoms with Gasteiger partial charge in [-0.1, -0.05) is 176 Å². The van der Waals surface area contributed by atoms with Gasteiger partial charge in [-0.3, -0.25) is 0 Å². The van der Waals surface area contributed by atoms with Crippen LogP contribution in [0.3, 0.4) is 0 Å². The van der Waals surface area contributed by atoms with E-state index in [-0.39, 0.29) is 7.92 Å². The topological polar surface area (TPSA) is 0 Å². The minimum Gasteiger partial charge on any atom is -0.0801 e. The fraction of sp³-hybridized carbons (Fsp3) is 0.943. The maximum absolute atomic E-state index is 2.85. The number of rotatable bonds is 26. The van der Waals surface area contributed by atoms with Gasteiger partial charge in [-0.05, 0) is 55.7 Å². The molecule has 0 radical (unpaired) electrons. The molecule has 1 heteroatoms. The van der Waals surface area contributed by atoms with E-state index in [1.807, 2.05) is 5.31 Å². The summed E-state index contributed by atoms with van der Waals surface area (Å²) in [5.74, 6) is 0.922. The molecule has 0 aromatic carbocycles. The van der Waals surface area contributed by atoms with Crippen molar-refractivity contribution in [2.75, 3.05) is 12.3 Å². The molecule has 0 N–H and O–H groups in total. The molecule has 0 heterocycles. The number of unbranched alkanes of at least 4 members (excludes halogenated alkanes) is 18. The van der Waals surface area contributed by atoms with Crippen molar-refractivity contribution in [3.63, 3.8) is 0 Å². The van der Waals surface area contributed by atoms with Crippen molar-refractivity contribution in [3.05, 3.63) is 11.4 Å². The van der Waals surface area contributed by atoms with Crippen LogP contribution in [0, 0.1) is 5.92 Å². The second-order valence-electron chi connectivity index (χ2n) is 12.2. The van der Waals surface area contributed by atoms with Crippen LogP contribution in [0.2, 0.25) is 0 Å². The highest BCUT2D eigenvalue weighted by atomic mass is 31.1. The first kappa shape index (κ1) is 34.2.